The molecule has 11 heteroatoms. The van der Waals surface area contributed by atoms with Crippen LogP contribution in [0.25, 0.3) is 0 Å². The lowest BCUT2D eigenvalue weighted by molar-refractivity contribution is -0.134. The molecule has 2 heterocycles. The van der Waals surface area contributed by atoms with Crippen LogP contribution in [0, 0.1) is 6.92 Å². The van der Waals surface area contributed by atoms with Crippen LogP contribution in [0.4, 0.5) is 17.1 Å². The number of piperazine rings is 2. The molecule has 40 heavy (non-hydrogen) atoms. The van der Waals surface area contributed by atoms with Crippen LogP contribution >= 0.6 is 0 Å². The molecule has 0 unspecified atom stereocenters. The molecule has 0 spiro atoms. The second kappa shape index (κ2) is 14.8. The van der Waals surface area contributed by atoms with Gasteiger partial charge in [0.05, 0.1) is 19.3 Å². The molecule has 2 fully saturated rings. The molecular formula is C29H39N5O6. The number of carbonyl (C=O) groups excluding carboxylic acids is 1. The summed E-state index contributed by atoms with van der Waals surface area (Å²) in [5.74, 6) is -1.50. The van der Waals surface area contributed by atoms with Gasteiger partial charge in [-0.25, -0.2) is 9.59 Å². The number of benzene rings is 2. The van der Waals surface area contributed by atoms with Crippen LogP contribution in [0.1, 0.15) is 5.56 Å². The van der Waals surface area contributed by atoms with Crippen LogP contribution in [0.5, 0.6) is 5.75 Å². The zero-order chi connectivity index (χ0) is 29.1. The summed E-state index contributed by atoms with van der Waals surface area (Å²) in [5.41, 5.74) is 4.59. The van der Waals surface area contributed by atoms with Crippen molar-refractivity contribution < 1.29 is 29.3 Å². The summed E-state index contributed by atoms with van der Waals surface area (Å²) in [6, 6.07) is 14.5. The minimum Gasteiger partial charge on any atom is -0.495 e. The minimum atomic E-state index is -1.26. The number of carboxylic acid groups (broad SMARTS) is 2. The maximum Gasteiger partial charge on any atom is 0.328 e. The number of aryl methyl sites for hydroxylation is 1. The van der Waals surface area contributed by atoms with Gasteiger partial charge in [-0.1, -0.05) is 18.2 Å². The standard InChI is InChI=1S/C25H35N5O2.C4H4O4/c1-20-6-4-5-7-22(20)28-14-16-30(17-15-28)25(31)19-26-21-8-9-24(32-3)23(18-21)29-12-10-27(2)11-13-29;5-3(6)1-2-4(7)8/h4-9,18,26H,10-17,19H2,1-3H3;1-2H,(H,5,6)(H,7,8). The highest BCUT2D eigenvalue weighted by molar-refractivity contribution is 5.89. The Balaban J connectivity index is 0.000000482. The van der Waals surface area contributed by atoms with Gasteiger partial charge in [0.25, 0.3) is 0 Å². The fourth-order valence-corrected chi connectivity index (χ4v) is 4.64. The van der Waals surface area contributed by atoms with E-state index in [2.05, 4.69) is 64.3 Å². The molecule has 0 radical (unpaired) electrons. The molecule has 0 aromatic heterocycles. The molecule has 0 bridgehead atoms. The lowest BCUT2D eigenvalue weighted by atomic mass is 10.1. The average molecular weight is 554 g/mol. The lowest BCUT2D eigenvalue weighted by Crippen LogP contribution is -2.50. The summed E-state index contributed by atoms with van der Waals surface area (Å²) in [4.78, 5) is 41.0. The Kier molecular flexibility index (Phi) is 11.2. The number of nitrogens with zero attached hydrogens (tertiary/aromatic N) is 4. The van der Waals surface area contributed by atoms with Crippen molar-refractivity contribution in [1.29, 1.82) is 0 Å². The first kappa shape index (κ1) is 30.3. The van der Waals surface area contributed by atoms with Gasteiger partial charge in [-0.05, 0) is 43.8 Å². The smallest absolute Gasteiger partial charge is 0.328 e. The minimum absolute atomic E-state index is 0.145. The van der Waals surface area contributed by atoms with Crippen molar-refractivity contribution >= 4 is 34.9 Å². The van der Waals surface area contributed by atoms with Crippen molar-refractivity contribution in [2.45, 2.75) is 6.92 Å². The fraction of sp³-hybridized carbons (Fsp3) is 0.414. The quantitative estimate of drug-likeness (QED) is 0.419. The van der Waals surface area contributed by atoms with E-state index < -0.39 is 11.9 Å². The third kappa shape index (κ3) is 8.91. The highest BCUT2D eigenvalue weighted by Gasteiger charge is 2.22. The second-order valence-electron chi connectivity index (χ2n) is 9.69. The van der Waals surface area contributed by atoms with E-state index in [1.807, 2.05) is 17.0 Å². The summed E-state index contributed by atoms with van der Waals surface area (Å²) in [5, 5.41) is 19.0. The number of nitrogens with one attached hydrogen (secondary N) is 1. The zero-order valence-electron chi connectivity index (χ0n) is 23.4. The first-order valence-electron chi connectivity index (χ1n) is 13.3. The number of amides is 1. The normalized spacial score (nSPS) is 15.8. The van der Waals surface area contributed by atoms with Gasteiger partial charge in [-0.15, -0.1) is 0 Å². The zero-order valence-corrected chi connectivity index (χ0v) is 23.4. The van der Waals surface area contributed by atoms with Crippen LogP contribution < -0.4 is 19.9 Å². The van der Waals surface area contributed by atoms with Gasteiger partial charge in [-0.2, -0.15) is 0 Å². The van der Waals surface area contributed by atoms with E-state index in [-0.39, 0.29) is 5.91 Å². The number of ether oxygens (including phenoxy) is 1. The summed E-state index contributed by atoms with van der Waals surface area (Å²) in [7, 11) is 3.86. The fourth-order valence-electron chi connectivity index (χ4n) is 4.64. The SMILES string of the molecule is COc1ccc(NCC(=O)N2CCN(c3ccccc3C)CC2)cc1N1CCN(C)CC1.O=C(O)C=CC(=O)O. The van der Waals surface area contributed by atoms with Gasteiger partial charge >= 0.3 is 11.9 Å². The number of carboxylic acids is 2. The van der Waals surface area contributed by atoms with Crippen molar-refractivity contribution in [3.8, 4) is 5.75 Å². The van der Waals surface area contributed by atoms with Crippen molar-refractivity contribution in [3.63, 3.8) is 0 Å². The van der Waals surface area contributed by atoms with Crippen molar-refractivity contribution in [1.82, 2.24) is 9.80 Å². The second-order valence-corrected chi connectivity index (χ2v) is 9.69. The molecular weight excluding hydrogens is 514 g/mol. The Bertz CT molecular complexity index is 1170. The molecule has 2 aliphatic heterocycles. The van der Waals surface area contributed by atoms with Gasteiger partial charge in [0.2, 0.25) is 5.91 Å². The maximum atomic E-state index is 12.8. The van der Waals surface area contributed by atoms with Crippen molar-refractivity contribution in [2.24, 2.45) is 0 Å². The summed E-state index contributed by atoms with van der Waals surface area (Å²) in [6.45, 7) is 9.71. The number of aliphatic carboxylic acids is 2. The largest absolute Gasteiger partial charge is 0.495 e. The monoisotopic (exact) mass is 553 g/mol. The van der Waals surface area contributed by atoms with E-state index in [0.29, 0.717) is 18.7 Å². The van der Waals surface area contributed by atoms with E-state index >= 15 is 0 Å². The summed E-state index contributed by atoms with van der Waals surface area (Å²) < 4.78 is 5.59. The lowest BCUT2D eigenvalue weighted by Gasteiger charge is -2.37. The predicted octanol–water partition coefficient (Wildman–Crippen LogP) is 2.23. The van der Waals surface area contributed by atoms with Gasteiger partial charge in [0.1, 0.15) is 5.75 Å². The molecule has 2 aromatic rings. The Hall–Kier alpha value is -4.25. The van der Waals surface area contributed by atoms with Crippen LogP contribution in [-0.2, 0) is 14.4 Å². The molecule has 11 nitrogen and oxygen atoms in total. The van der Waals surface area contributed by atoms with E-state index in [9.17, 15) is 14.4 Å². The Morgan fingerprint density at radius 1 is 0.850 bits per heavy atom. The number of anilines is 3. The maximum absolute atomic E-state index is 12.8. The van der Waals surface area contributed by atoms with E-state index in [4.69, 9.17) is 14.9 Å². The molecule has 0 aliphatic carbocycles. The van der Waals surface area contributed by atoms with E-state index in [1.165, 1.54) is 11.3 Å². The van der Waals surface area contributed by atoms with Crippen LogP contribution in [0.3, 0.4) is 0 Å². The number of hydrogen-bond acceptors (Lipinski definition) is 8. The van der Waals surface area contributed by atoms with E-state index in [1.54, 1.807) is 7.11 Å². The first-order chi connectivity index (χ1) is 19.2. The third-order valence-corrected chi connectivity index (χ3v) is 6.92. The molecule has 2 saturated heterocycles. The number of hydrogen-bond donors (Lipinski definition) is 3. The average Bonchev–Trinajstić information content (AvgIpc) is 2.96. The molecule has 3 N–H and O–H groups in total. The summed E-state index contributed by atoms with van der Waals surface area (Å²) in [6.07, 6.45) is 1.12. The number of rotatable bonds is 8. The van der Waals surface area contributed by atoms with E-state index in [0.717, 1.165) is 69.5 Å². The molecule has 2 aromatic carbocycles. The highest BCUT2D eigenvalue weighted by atomic mass is 16.5. The number of carbonyl (C=O) groups is 3. The van der Waals surface area contributed by atoms with Gasteiger partial charge in [-0.3, -0.25) is 4.79 Å². The Labute approximate surface area is 235 Å². The van der Waals surface area contributed by atoms with Crippen LogP contribution in [0.2, 0.25) is 0 Å². The molecule has 216 valence electrons. The van der Waals surface area contributed by atoms with Crippen molar-refractivity contribution in [3.05, 3.63) is 60.2 Å². The van der Waals surface area contributed by atoms with Gasteiger partial charge < -0.3 is 39.9 Å². The Morgan fingerprint density at radius 3 is 2.00 bits per heavy atom. The van der Waals surface area contributed by atoms with Crippen LogP contribution in [-0.4, -0.2) is 111 Å². The van der Waals surface area contributed by atoms with Crippen molar-refractivity contribution in [2.75, 3.05) is 88.2 Å². The molecule has 1 amide bonds. The molecule has 0 saturated carbocycles. The Morgan fingerprint density at radius 2 is 1.43 bits per heavy atom. The highest BCUT2D eigenvalue weighted by Crippen LogP contribution is 2.32. The number of para-hydroxylation sites is 1. The summed E-state index contributed by atoms with van der Waals surface area (Å²) >= 11 is 0. The number of likely N-dealkylation sites (N-methyl/N-ethyl adjacent to an activating group) is 1. The molecule has 2 aliphatic rings. The van der Waals surface area contributed by atoms with Crippen LogP contribution in [0.15, 0.2) is 54.6 Å². The number of methoxy groups -OCH3 is 1. The van der Waals surface area contributed by atoms with Gasteiger partial charge in [0.15, 0.2) is 0 Å². The third-order valence-electron chi connectivity index (χ3n) is 6.92. The van der Waals surface area contributed by atoms with Gasteiger partial charge in [0, 0.05) is 75.9 Å². The first-order valence-corrected chi connectivity index (χ1v) is 13.3. The molecule has 0 atom stereocenters. The topological polar surface area (TPSA) is 126 Å². The predicted molar refractivity (Wildman–Crippen MR) is 156 cm³/mol. The molecule has 4 rings (SSSR count).